The standard InChI is InChI=1S/C27H38O6Se/c1-3-23-18(2)21(31-14-19-10-6-4-7-11-19)16-34(23)17-22-24(28)25(29)26(30)27(33-22)32-15-20-12-8-5-9-13-20/h4-13,18,21-30,34H,3,14-17H2,1-2H3/t18-,21+,22+,23+,24+,25-,26-,27-/m0/s1. The molecule has 1 unspecified atom stereocenters. The van der Waals surface area contributed by atoms with Crippen molar-refractivity contribution in [1.29, 1.82) is 0 Å². The summed E-state index contributed by atoms with van der Waals surface area (Å²) < 4.78 is 18.2. The molecule has 0 amide bonds. The van der Waals surface area contributed by atoms with Gasteiger partial charge in [-0.1, -0.05) is 0 Å². The monoisotopic (exact) mass is 538 g/mol. The first-order valence-corrected chi connectivity index (χ1v) is 16.0. The van der Waals surface area contributed by atoms with Crippen molar-refractivity contribution in [3.05, 3.63) is 71.8 Å². The number of rotatable bonds is 9. The number of ether oxygens (including phenoxy) is 3. The van der Waals surface area contributed by atoms with Crippen LogP contribution < -0.4 is 0 Å². The van der Waals surface area contributed by atoms with Crippen LogP contribution in [0, 0.1) is 5.92 Å². The van der Waals surface area contributed by atoms with Gasteiger partial charge in [0.2, 0.25) is 0 Å². The molecule has 188 valence electrons. The zero-order valence-electron chi connectivity index (χ0n) is 19.9. The van der Waals surface area contributed by atoms with E-state index < -0.39 is 44.6 Å². The molecule has 2 aromatic carbocycles. The van der Waals surface area contributed by atoms with Gasteiger partial charge in [0.05, 0.1) is 0 Å². The van der Waals surface area contributed by atoms with Gasteiger partial charge in [-0.3, -0.25) is 0 Å². The summed E-state index contributed by atoms with van der Waals surface area (Å²) in [4.78, 5) is 0.580. The number of aliphatic hydroxyl groups excluding tert-OH is 3. The van der Waals surface area contributed by atoms with E-state index in [0.717, 1.165) is 22.6 Å². The van der Waals surface area contributed by atoms with Crippen LogP contribution in [0.1, 0.15) is 31.4 Å². The van der Waals surface area contributed by atoms with E-state index in [1.165, 1.54) is 5.56 Å². The summed E-state index contributed by atoms with van der Waals surface area (Å²) in [7, 11) is 0. The molecule has 2 aliphatic heterocycles. The first-order chi connectivity index (χ1) is 16.5. The zero-order chi connectivity index (χ0) is 24.1. The van der Waals surface area contributed by atoms with Crippen LogP contribution in [-0.2, 0) is 27.4 Å². The predicted octanol–water partition coefficient (Wildman–Crippen LogP) is 3.25. The Morgan fingerprint density at radius 3 is 2.03 bits per heavy atom. The Bertz CT molecular complexity index is 868. The van der Waals surface area contributed by atoms with Crippen LogP contribution in [0.25, 0.3) is 0 Å². The summed E-state index contributed by atoms with van der Waals surface area (Å²) in [6, 6.07) is 19.9. The molecule has 2 fully saturated rings. The number of aliphatic hydroxyl groups is 3. The van der Waals surface area contributed by atoms with E-state index in [2.05, 4.69) is 26.0 Å². The molecule has 2 aromatic rings. The normalized spacial score (nSPS) is 37.0. The minimum absolute atomic E-state index is 0.200. The predicted molar refractivity (Wildman–Crippen MR) is 133 cm³/mol. The molecule has 0 aliphatic carbocycles. The Labute approximate surface area is 206 Å². The summed E-state index contributed by atoms with van der Waals surface area (Å²) in [6.07, 6.45) is -3.95. The summed E-state index contributed by atoms with van der Waals surface area (Å²) in [5.74, 6) is 0.454. The quantitative estimate of drug-likeness (QED) is 0.426. The summed E-state index contributed by atoms with van der Waals surface area (Å²) in [5.41, 5.74) is 2.13. The first kappa shape index (κ1) is 25.8. The van der Waals surface area contributed by atoms with E-state index in [1.807, 2.05) is 48.5 Å². The van der Waals surface area contributed by atoms with E-state index in [9.17, 15) is 15.3 Å². The third kappa shape index (κ3) is 6.10. The molecule has 0 bridgehead atoms. The first-order valence-electron chi connectivity index (χ1n) is 12.2. The molecule has 7 heteroatoms. The van der Waals surface area contributed by atoms with Crippen LogP contribution in [0.4, 0.5) is 0 Å². The van der Waals surface area contributed by atoms with Crippen LogP contribution in [0.5, 0.6) is 0 Å². The van der Waals surface area contributed by atoms with Crippen LogP contribution in [0.15, 0.2) is 60.7 Å². The second-order valence-corrected chi connectivity index (χ2v) is 14.8. The molecule has 2 aliphatic rings. The Kier molecular flexibility index (Phi) is 9.19. The molecular formula is C27H38O6Se. The molecule has 4 rings (SSSR count). The Morgan fingerprint density at radius 1 is 0.853 bits per heavy atom. The van der Waals surface area contributed by atoms with Crippen molar-refractivity contribution in [3.8, 4) is 0 Å². The van der Waals surface area contributed by atoms with Crippen LogP contribution >= 0.6 is 0 Å². The van der Waals surface area contributed by atoms with Crippen molar-refractivity contribution >= 4 is 13.9 Å². The second kappa shape index (κ2) is 12.1. The van der Waals surface area contributed by atoms with Crippen LogP contribution in [-0.4, -0.2) is 66.0 Å². The van der Waals surface area contributed by atoms with E-state index in [4.69, 9.17) is 14.2 Å². The fourth-order valence-corrected chi connectivity index (χ4v) is 12.9. The summed E-state index contributed by atoms with van der Waals surface area (Å²) >= 11 is -1.44. The molecule has 6 nitrogen and oxygen atoms in total. The van der Waals surface area contributed by atoms with Crippen molar-refractivity contribution in [2.45, 2.75) is 85.7 Å². The van der Waals surface area contributed by atoms with Crippen LogP contribution in [0.2, 0.25) is 15.5 Å². The van der Waals surface area contributed by atoms with Gasteiger partial charge in [-0.05, 0) is 0 Å². The molecular weight excluding hydrogens is 499 g/mol. The van der Waals surface area contributed by atoms with Gasteiger partial charge in [-0.2, -0.15) is 0 Å². The van der Waals surface area contributed by atoms with Crippen molar-refractivity contribution in [1.82, 2.24) is 0 Å². The summed E-state index contributed by atoms with van der Waals surface area (Å²) in [6.45, 7) is 5.38. The van der Waals surface area contributed by atoms with E-state index in [-0.39, 0.29) is 12.7 Å². The number of hydrogen-bond acceptors (Lipinski definition) is 6. The van der Waals surface area contributed by atoms with Gasteiger partial charge in [-0.25, -0.2) is 0 Å². The maximum absolute atomic E-state index is 10.7. The van der Waals surface area contributed by atoms with E-state index in [0.29, 0.717) is 17.3 Å². The molecule has 0 radical (unpaired) electrons. The molecule has 2 saturated heterocycles. The second-order valence-electron chi connectivity index (χ2n) is 9.43. The van der Waals surface area contributed by atoms with Crippen LogP contribution in [0.3, 0.4) is 0 Å². The van der Waals surface area contributed by atoms with Gasteiger partial charge >= 0.3 is 207 Å². The van der Waals surface area contributed by atoms with E-state index >= 15 is 0 Å². The molecule has 0 aromatic heterocycles. The average Bonchev–Trinajstić information content (AvgIpc) is 3.17. The minimum atomic E-state index is -1.44. The third-order valence-electron chi connectivity index (χ3n) is 7.14. The third-order valence-corrected chi connectivity index (χ3v) is 14.3. The Morgan fingerprint density at radius 2 is 1.44 bits per heavy atom. The molecule has 34 heavy (non-hydrogen) atoms. The Balaban J connectivity index is 1.37. The van der Waals surface area contributed by atoms with Gasteiger partial charge < -0.3 is 0 Å². The van der Waals surface area contributed by atoms with Gasteiger partial charge in [0.25, 0.3) is 0 Å². The molecule has 9 atom stereocenters. The summed E-state index contributed by atoms with van der Waals surface area (Å²) in [5, 5.41) is 33.5. The number of benzene rings is 2. The van der Waals surface area contributed by atoms with E-state index in [1.54, 1.807) is 0 Å². The average molecular weight is 538 g/mol. The fourth-order valence-electron chi connectivity index (χ4n) is 5.12. The van der Waals surface area contributed by atoms with Crippen molar-refractivity contribution in [3.63, 3.8) is 0 Å². The molecule has 2 heterocycles. The van der Waals surface area contributed by atoms with Crippen molar-refractivity contribution < 1.29 is 29.5 Å². The Hall–Kier alpha value is -1.28. The van der Waals surface area contributed by atoms with Gasteiger partial charge in [0.15, 0.2) is 0 Å². The van der Waals surface area contributed by atoms with Gasteiger partial charge in [-0.15, -0.1) is 0 Å². The van der Waals surface area contributed by atoms with Crippen molar-refractivity contribution in [2.75, 3.05) is 0 Å². The maximum atomic E-state index is 10.7. The topological polar surface area (TPSA) is 88.4 Å². The molecule has 0 spiro atoms. The van der Waals surface area contributed by atoms with Gasteiger partial charge in [0, 0.05) is 0 Å². The molecule has 3 N–H and O–H groups in total. The SMILES string of the molecule is CC[C@@H]1[C@@H](C)[C@H](OCc2ccccc2)C[SeH]1C[C@H]1O[C@H](OCc2ccccc2)[C@@H](O)[C@@H](O)[C@@H]1O. The fraction of sp³-hybridized carbons (Fsp3) is 0.556. The van der Waals surface area contributed by atoms with Crippen molar-refractivity contribution in [2.24, 2.45) is 5.92 Å². The zero-order valence-corrected chi connectivity index (χ0v) is 21.8. The van der Waals surface area contributed by atoms with Gasteiger partial charge in [0.1, 0.15) is 0 Å². The molecule has 0 saturated carbocycles. The number of hydrogen-bond donors (Lipinski definition) is 3.